The summed E-state index contributed by atoms with van der Waals surface area (Å²) in [6.45, 7) is 5.15. The van der Waals surface area contributed by atoms with Gasteiger partial charge in [-0.25, -0.2) is 4.79 Å². The summed E-state index contributed by atoms with van der Waals surface area (Å²) in [4.78, 5) is 27.4. The molecule has 0 atom stereocenters. The van der Waals surface area contributed by atoms with Crippen LogP contribution < -0.4 is 9.47 Å². The van der Waals surface area contributed by atoms with Crippen molar-refractivity contribution >= 4 is 57.0 Å². The minimum atomic E-state index is -0.245. The lowest BCUT2D eigenvalue weighted by atomic mass is 10.2. The van der Waals surface area contributed by atoms with Crippen molar-refractivity contribution in [2.75, 3.05) is 24.7 Å². The van der Waals surface area contributed by atoms with Crippen LogP contribution in [0.25, 0.3) is 16.3 Å². The van der Waals surface area contributed by atoms with Crippen LogP contribution in [0.2, 0.25) is 0 Å². The van der Waals surface area contributed by atoms with E-state index >= 15 is 0 Å². The SMILES string of the molecule is CCOC(=O)CCN1\C(=C/C=C/C=C/C=C/c2sc3ccccc3[n+]2CC(=O)OCC)Sc2ccccc21. The highest BCUT2D eigenvalue weighted by Gasteiger charge is 2.25. The molecule has 0 aliphatic carbocycles. The van der Waals surface area contributed by atoms with Gasteiger partial charge in [0.15, 0.2) is 0 Å². The molecule has 0 amide bonds. The highest BCUT2D eigenvalue weighted by Crippen LogP contribution is 2.45. The van der Waals surface area contributed by atoms with E-state index in [1.165, 1.54) is 4.90 Å². The van der Waals surface area contributed by atoms with Gasteiger partial charge in [-0.2, -0.15) is 4.57 Å². The van der Waals surface area contributed by atoms with Gasteiger partial charge in [-0.3, -0.25) is 4.79 Å². The van der Waals surface area contributed by atoms with E-state index in [-0.39, 0.29) is 18.5 Å². The van der Waals surface area contributed by atoms with Crippen molar-refractivity contribution in [3.63, 3.8) is 0 Å². The van der Waals surface area contributed by atoms with E-state index in [1.54, 1.807) is 23.1 Å². The Hall–Kier alpha value is -3.62. The van der Waals surface area contributed by atoms with Crippen LogP contribution in [0.5, 0.6) is 0 Å². The lowest BCUT2D eigenvalue weighted by molar-refractivity contribution is -0.657. The molecule has 3 aromatic rings. The molecule has 0 unspecified atom stereocenters. The molecule has 2 heterocycles. The van der Waals surface area contributed by atoms with E-state index in [1.807, 2.05) is 85.2 Å². The first-order chi connectivity index (χ1) is 18.6. The molecule has 0 radical (unpaired) electrons. The lowest BCUT2D eigenvalue weighted by Gasteiger charge is -2.19. The Bertz CT molecular complexity index is 1400. The Kier molecular flexibility index (Phi) is 9.95. The minimum absolute atomic E-state index is 0.182. The highest BCUT2D eigenvalue weighted by molar-refractivity contribution is 8.03. The Labute approximate surface area is 231 Å². The summed E-state index contributed by atoms with van der Waals surface area (Å²) >= 11 is 3.33. The Morgan fingerprint density at radius 1 is 0.895 bits per heavy atom. The number of benzene rings is 2. The van der Waals surface area contributed by atoms with Crippen LogP contribution in [0, 0.1) is 0 Å². The van der Waals surface area contributed by atoms with E-state index in [0.717, 1.165) is 25.9 Å². The van der Waals surface area contributed by atoms with Gasteiger partial charge in [0, 0.05) is 23.6 Å². The van der Waals surface area contributed by atoms with Crippen LogP contribution in [0.15, 0.2) is 94.9 Å². The van der Waals surface area contributed by atoms with Gasteiger partial charge in [-0.1, -0.05) is 77.7 Å². The molecule has 8 heteroatoms. The summed E-state index contributed by atoms with van der Waals surface area (Å²) in [5.74, 6) is -0.431. The third-order valence-electron chi connectivity index (χ3n) is 5.63. The molecule has 6 nitrogen and oxygen atoms in total. The number of para-hydroxylation sites is 2. The van der Waals surface area contributed by atoms with Gasteiger partial charge in [0.25, 0.3) is 5.01 Å². The Morgan fingerprint density at radius 3 is 2.45 bits per heavy atom. The van der Waals surface area contributed by atoms with Gasteiger partial charge < -0.3 is 14.4 Å². The second kappa shape index (κ2) is 13.8. The van der Waals surface area contributed by atoms with Crippen LogP contribution >= 0.6 is 23.1 Å². The molecule has 0 N–H and O–H groups in total. The highest BCUT2D eigenvalue weighted by atomic mass is 32.2. The smallest absolute Gasteiger partial charge is 0.372 e. The number of thiazole rings is 1. The number of rotatable bonds is 11. The van der Waals surface area contributed by atoms with Gasteiger partial charge in [-0.15, -0.1) is 0 Å². The zero-order chi connectivity index (χ0) is 26.7. The molecule has 4 rings (SSSR count). The first-order valence-corrected chi connectivity index (χ1v) is 14.2. The van der Waals surface area contributed by atoms with Crippen LogP contribution in [0.3, 0.4) is 0 Å². The van der Waals surface area contributed by atoms with Gasteiger partial charge in [-0.05, 0) is 38.1 Å². The Balaban J connectivity index is 1.42. The number of anilines is 1. The summed E-state index contributed by atoms with van der Waals surface area (Å²) in [5, 5.41) is 2.05. The van der Waals surface area contributed by atoms with Gasteiger partial charge >= 0.3 is 11.9 Å². The van der Waals surface area contributed by atoms with E-state index in [9.17, 15) is 9.59 Å². The second-order valence-electron chi connectivity index (χ2n) is 8.21. The molecule has 0 fully saturated rings. The third-order valence-corrected chi connectivity index (χ3v) is 7.89. The first kappa shape index (κ1) is 27.4. The van der Waals surface area contributed by atoms with Crippen LogP contribution in [0.4, 0.5) is 5.69 Å². The lowest BCUT2D eigenvalue weighted by Crippen LogP contribution is -2.39. The number of carbonyl (C=O) groups is 2. The number of fused-ring (bicyclic) bond motifs is 2. The fraction of sp³-hybridized carbons (Fsp3) is 0.233. The largest absolute Gasteiger partial charge is 0.466 e. The summed E-state index contributed by atoms with van der Waals surface area (Å²) < 4.78 is 13.4. The van der Waals surface area contributed by atoms with E-state index < -0.39 is 0 Å². The molecular weight excluding hydrogens is 516 g/mol. The zero-order valence-corrected chi connectivity index (χ0v) is 23.2. The predicted molar refractivity (Wildman–Crippen MR) is 155 cm³/mol. The molecule has 0 saturated heterocycles. The average Bonchev–Trinajstić information content (AvgIpc) is 3.44. The maximum absolute atomic E-state index is 12.1. The zero-order valence-electron chi connectivity index (χ0n) is 21.5. The number of nitrogens with zero attached hydrogens (tertiary/aromatic N) is 2. The molecule has 1 aromatic heterocycles. The fourth-order valence-corrected chi connectivity index (χ4v) is 6.16. The van der Waals surface area contributed by atoms with Crippen molar-refractivity contribution in [1.29, 1.82) is 0 Å². The maximum atomic E-state index is 12.1. The quantitative estimate of drug-likeness (QED) is 0.160. The van der Waals surface area contributed by atoms with Crippen LogP contribution in [-0.4, -0.2) is 31.7 Å². The topological polar surface area (TPSA) is 59.7 Å². The summed E-state index contributed by atoms with van der Waals surface area (Å²) in [6.07, 6.45) is 14.3. The summed E-state index contributed by atoms with van der Waals surface area (Å²) in [6, 6.07) is 16.2. The number of hydrogen-bond acceptors (Lipinski definition) is 7. The maximum Gasteiger partial charge on any atom is 0.372 e. The molecule has 0 saturated carbocycles. The molecule has 0 bridgehead atoms. The molecule has 0 spiro atoms. The Morgan fingerprint density at radius 2 is 1.61 bits per heavy atom. The number of thioether (sulfide) groups is 1. The fourth-order valence-electron chi connectivity index (χ4n) is 3.99. The minimum Gasteiger partial charge on any atom is -0.466 e. The first-order valence-electron chi connectivity index (χ1n) is 12.6. The van der Waals surface area contributed by atoms with Crippen molar-refractivity contribution in [2.45, 2.75) is 31.7 Å². The molecule has 1 aliphatic heterocycles. The molecule has 196 valence electrons. The number of carbonyl (C=O) groups excluding carboxylic acids is 2. The van der Waals surface area contributed by atoms with E-state index in [2.05, 4.69) is 29.2 Å². The monoisotopic (exact) mass is 547 g/mol. The number of aromatic nitrogens is 1. The van der Waals surface area contributed by atoms with Gasteiger partial charge in [0.1, 0.15) is 4.70 Å². The van der Waals surface area contributed by atoms with Crippen molar-refractivity contribution in [3.8, 4) is 0 Å². The van der Waals surface area contributed by atoms with Crippen molar-refractivity contribution in [2.24, 2.45) is 0 Å². The van der Waals surface area contributed by atoms with Gasteiger partial charge in [0.2, 0.25) is 12.1 Å². The molecule has 1 aliphatic rings. The summed E-state index contributed by atoms with van der Waals surface area (Å²) in [7, 11) is 0. The normalized spacial score (nSPS) is 14.4. The summed E-state index contributed by atoms with van der Waals surface area (Å²) in [5.41, 5.74) is 2.13. The number of hydrogen-bond donors (Lipinski definition) is 0. The average molecular weight is 548 g/mol. The second-order valence-corrected chi connectivity index (χ2v) is 10.3. The molecular formula is C30H31N2O4S2+. The number of esters is 2. The van der Waals surface area contributed by atoms with E-state index in [4.69, 9.17) is 9.47 Å². The van der Waals surface area contributed by atoms with Crippen molar-refractivity contribution < 1.29 is 23.6 Å². The van der Waals surface area contributed by atoms with Gasteiger partial charge in [0.05, 0.1) is 30.4 Å². The van der Waals surface area contributed by atoms with Crippen LogP contribution in [0.1, 0.15) is 25.3 Å². The number of ether oxygens (including phenoxy) is 2. The van der Waals surface area contributed by atoms with Crippen LogP contribution in [-0.2, 0) is 25.6 Å². The standard InChI is InChI=1S/C30H31N2O4S2/c1-3-35-29(33)20-21-31-23-14-10-12-16-25(23)37-27(31)18-8-6-5-7-9-19-28-32(22-30(34)36-4-2)24-15-11-13-17-26(24)38-28/h5-19H,3-4,20-22H2,1-2H3/q+1. The molecule has 38 heavy (non-hydrogen) atoms. The predicted octanol–water partition coefficient (Wildman–Crippen LogP) is 6.28. The number of allylic oxidation sites excluding steroid dienone is 6. The van der Waals surface area contributed by atoms with Crippen molar-refractivity contribution in [3.05, 3.63) is 95.0 Å². The van der Waals surface area contributed by atoms with Crippen molar-refractivity contribution in [1.82, 2.24) is 0 Å². The third kappa shape index (κ3) is 7.02. The van der Waals surface area contributed by atoms with E-state index in [0.29, 0.717) is 26.2 Å². The molecule has 2 aromatic carbocycles.